The average molecular weight is 515 g/mol. The highest BCUT2D eigenvalue weighted by molar-refractivity contribution is 7.15. The van der Waals surface area contributed by atoms with Gasteiger partial charge in [-0.25, -0.2) is 9.98 Å². The number of benzene rings is 2. The van der Waals surface area contributed by atoms with Gasteiger partial charge in [0.1, 0.15) is 0 Å². The van der Waals surface area contributed by atoms with Gasteiger partial charge in [0.25, 0.3) is 5.69 Å². The predicted octanol–water partition coefficient (Wildman–Crippen LogP) is 7.73. The van der Waals surface area contributed by atoms with E-state index in [2.05, 4.69) is 9.98 Å². The van der Waals surface area contributed by atoms with E-state index in [0.717, 1.165) is 11.3 Å². The van der Waals surface area contributed by atoms with Gasteiger partial charge in [-0.2, -0.15) is 26.3 Å². The van der Waals surface area contributed by atoms with E-state index in [1.807, 2.05) is 20.8 Å². The summed E-state index contributed by atoms with van der Waals surface area (Å²) >= 11 is 1.03. The van der Waals surface area contributed by atoms with E-state index >= 15 is 0 Å². The van der Waals surface area contributed by atoms with Crippen molar-refractivity contribution in [3.05, 3.63) is 85.4 Å². The lowest BCUT2D eigenvalue weighted by Gasteiger charge is -2.18. The Morgan fingerprint density at radius 2 is 1.60 bits per heavy atom. The number of non-ortho nitro benzene ring substituents is 1. The summed E-state index contributed by atoms with van der Waals surface area (Å²) in [6.07, 6.45) is -8.73. The number of thiazole rings is 1. The van der Waals surface area contributed by atoms with E-state index in [1.165, 1.54) is 24.4 Å². The first-order chi connectivity index (χ1) is 16.0. The van der Waals surface area contributed by atoms with Crippen LogP contribution in [0.5, 0.6) is 0 Å². The number of nitro groups is 1. The van der Waals surface area contributed by atoms with Crippen LogP contribution < -0.4 is 0 Å². The Kier molecular flexibility index (Phi) is 7.07. The zero-order chi connectivity index (χ0) is 26.2. The number of nitrogens with zero attached hydrogens (tertiary/aromatic N) is 3. The number of hydrogen-bond donors (Lipinski definition) is 0. The molecule has 35 heavy (non-hydrogen) atoms. The summed E-state index contributed by atoms with van der Waals surface area (Å²) in [6, 6.07) is 7.21. The average Bonchev–Trinajstić information content (AvgIpc) is 3.14. The van der Waals surface area contributed by atoms with Gasteiger partial charge in [-0.05, 0) is 29.3 Å². The molecule has 0 saturated carbocycles. The van der Waals surface area contributed by atoms with Gasteiger partial charge in [0.05, 0.1) is 21.7 Å². The Labute approximate surface area is 200 Å². The van der Waals surface area contributed by atoms with Gasteiger partial charge >= 0.3 is 12.4 Å². The fourth-order valence-corrected chi connectivity index (χ4v) is 4.41. The van der Waals surface area contributed by atoms with Crippen LogP contribution in [0.1, 0.15) is 53.6 Å². The number of hydrogen-bond acceptors (Lipinski definition) is 5. The summed E-state index contributed by atoms with van der Waals surface area (Å²) in [4.78, 5) is 19.5. The van der Waals surface area contributed by atoms with Gasteiger partial charge in [0, 0.05) is 35.1 Å². The smallest absolute Gasteiger partial charge is 0.258 e. The molecule has 12 heteroatoms. The van der Waals surface area contributed by atoms with Crippen molar-refractivity contribution in [2.75, 3.05) is 0 Å². The maximum absolute atomic E-state index is 13.2. The summed E-state index contributed by atoms with van der Waals surface area (Å²) in [7, 11) is 0. The summed E-state index contributed by atoms with van der Waals surface area (Å²) in [6.45, 7) is 5.44. The van der Waals surface area contributed by atoms with Crippen LogP contribution in [0.25, 0.3) is 0 Å². The number of alkyl halides is 6. The number of halogens is 6. The molecule has 0 unspecified atom stereocenters. The first kappa shape index (κ1) is 26.3. The Bertz CT molecular complexity index is 1240. The van der Waals surface area contributed by atoms with Crippen LogP contribution in [0.15, 0.2) is 47.5 Å². The molecule has 3 aromatic rings. The third-order valence-corrected chi connectivity index (χ3v) is 5.78. The largest absolute Gasteiger partial charge is 0.416 e. The molecule has 0 fully saturated rings. The summed E-state index contributed by atoms with van der Waals surface area (Å²) in [5.74, 6) is 0. The minimum atomic E-state index is -4.94. The minimum Gasteiger partial charge on any atom is -0.258 e. The number of aliphatic imine (C=N–C) groups is 1. The zero-order valence-electron chi connectivity index (χ0n) is 18.7. The van der Waals surface area contributed by atoms with E-state index in [1.54, 1.807) is 6.07 Å². The third-order valence-electron chi connectivity index (χ3n) is 4.81. The Balaban J connectivity index is 2.01. The highest BCUT2D eigenvalue weighted by atomic mass is 32.1. The molecule has 5 nitrogen and oxygen atoms in total. The monoisotopic (exact) mass is 515 g/mol. The maximum atomic E-state index is 13.2. The topological polar surface area (TPSA) is 68.4 Å². The molecule has 0 aliphatic heterocycles. The second-order valence-corrected chi connectivity index (χ2v) is 9.78. The van der Waals surface area contributed by atoms with Gasteiger partial charge in [-0.3, -0.25) is 10.1 Å². The molecule has 1 heterocycles. The fourth-order valence-electron chi connectivity index (χ4n) is 3.26. The van der Waals surface area contributed by atoms with Crippen molar-refractivity contribution in [2.24, 2.45) is 4.99 Å². The summed E-state index contributed by atoms with van der Waals surface area (Å²) in [5.41, 5.74) is -2.70. The van der Waals surface area contributed by atoms with Gasteiger partial charge in [-0.15, -0.1) is 0 Å². The van der Waals surface area contributed by atoms with Crippen molar-refractivity contribution in [1.29, 1.82) is 0 Å². The molecule has 0 atom stereocenters. The third kappa shape index (κ3) is 6.65. The highest BCUT2D eigenvalue weighted by Crippen LogP contribution is 2.39. The van der Waals surface area contributed by atoms with Gasteiger partial charge in [-0.1, -0.05) is 44.2 Å². The standard InChI is InChI=1S/C23H19F6N3O2S/c1-21(2,3)19-18(10-14-7-15(22(24,25)26)11-16(8-14)23(27,28)29)35-20(31-19)30-12-13-5-4-6-17(9-13)32(33)34/h4-9,11-12H,10H2,1-3H3/b30-12+. The van der Waals surface area contributed by atoms with Crippen LogP contribution in [0, 0.1) is 10.1 Å². The second-order valence-electron chi connectivity index (χ2n) is 8.72. The molecule has 0 aliphatic rings. The molecule has 0 spiro atoms. The zero-order valence-corrected chi connectivity index (χ0v) is 19.5. The van der Waals surface area contributed by atoms with Crippen LogP contribution in [0.3, 0.4) is 0 Å². The summed E-state index contributed by atoms with van der Waals surface area (Å²) < 4.78 is 79.5. The van der Waals surface area contributed by atoms with Crippen molar-refractivity contribution >= 4 is 28.4 Å². The van der Waals surface area contributed by atoms with E-state index in [9.17, 15) is 36.5 Å². The number of aromatic nitrogens is 1. The van der Waals surface area contributed by atoms with E-state index in [-0.39, 0.29) is 28.9 Å². The van der Waals surface area contributed by atoms with Gasteiger partial charge in [0.15, 0.2) is 0 Å². The van der Waals surface area contributed by atoms with Crippen molar-refractivity contribution in [2.45, 2.75) is 45.0 Å². The molecule has 0 bridgehead atoms. The molecule has 186 valence electrons. The van der Waals surface area contributed by atoms with Crippen LogP contribution in [-0.2, 0) is 24.2 Å². The molecule has 0 N–H and O–H groups in total. The Morgan fingerprint density at radius 3 is 2.11 bits per heavy atom. The first-order valence-electron chi connectivity index (χ1n) is 10.1. The summed E-state index contributed by atoms with van der Waals surface area (Å²) in [5, 5.41) is 11.2. The normalized spacial score (nSPS) is 12.9. The molecule has 0 saturated heterocycles. The van der Waals surface area contributed by atoms with E-state index in [4.69, 9.17) is 0 Å². The van der Waals surface area contributed by atoms with Crippen molar-refractivity contribution < 1.29 is 31.3 Å². The number of nitro benzene ring substituents is 1. The lowest BCUT2D eigenvalue weighted by atomic mass is 9.90. The molecule has 3 rings (SSSR count). The Morgan fingerprint density at radius 1 is 1.00 bits per heavy atom. The molecule has 1 aromatic heterocycles. The fraction of sp³-hybridized carbons (Fsp3) is 0.304. The minimum absolute atomic E-state index is 0.0929. The predicted molar refractivity (Wildman–Crippen MR) is 120 cm³/mol. The van der Waals surface area contributed by atoms with Crippen LogP contribution in [-0.4, -0.2) is 16.1 Å². The molecule has 0 radical (unpaired) electrons. The maximum Gasteiger partial charge on any atom is 0.416 e. The van der Waals surface area contributed by atoms with Gasteiger partial charge < -0.3 is 0 Å². The molecule has 2 aromatic carbocycles. The molecular weight excluding hydrogens is 496 g/mol. The van der Waals surface area contributed by atoms with Crippen LogP contribution >= 0.6 is 11.3 Å². The quantitative estimate of drug-likeness (QED) is 0.151. The van der Waals surface area contributed by atoms with E-state index < -0.39 is 33.8 Å². The van der Waals surface area contributed by atoms with Crippen molar-refractivity contribution in [1.82, 2.24) is 4.98 Å². The van der Waals surface area contributed by atoms with E-state index in [0.29, 0.717) is 28.3 Å². The highest BCUT2D eigenvalue weighted by Gasteiger charge is 2.37. The van der Waals surface area contributed by atoms with Gasteiger partial charge in [0.2, 0.25) is 5.13 Å². The first-order valence-corrected chi connectivity index (χ1v) is 10.9. The molecule has 0 aliphatic carbocycles. The molecule has 0 amide bonds. The molecular formula is C23H19F6N3O2S. The number of rotatable bonds is 5. The Hall–Kier alpha value is -3.28. The lowest BCUT2D eigenvalue weighted by Crippen LogP contribution is -2.15. The van der Waals surface area contributed by atoms with Crippen molar-refractivity contribution in [3.8, 4) is 0 Å². The van der Waals surface area contributed by atoms with Crippen LogP contribution in [0.4, 0.5) is 37.2 Å². The van der Waals surface area contributed by atoms with Crippen LogP contribution in [0.2, 0.25) is 0 Å². The lowest BCUT2D eigenvalue weighted by molar-refractivity contribution is -0.384. The van der Waals surface area contributed by atoms with Crippen molar-refractivity contribution in [3.63, 3.8) is 0 Å². The second kappa shape index (κ2) is 9.40. The SMILES string of the molecule is CC(C)(C)c1nc(/N=C/c2cccc([N+](=O)[O-])c2)sc1Cc1cc(C(F)(F)F)cc(C(F)(F)F)c1.